The summed E-state index contributed by atoms with van der Waals surface area (Å²) in [5.41, 5.74) is 13.0. The van der Waals surface area contributed by atoms with Crippen LogP contribution >= 0.6 is 0 Å². The summed E-state index contributed by atoms with van der Waals surface area (Å²) in [6.45, 7) is 6.76. The van der Waals surface area contributed by atoms with Gasteiger partial charge in [-0.1, -0.05) is 0 Å². The van der Waals surface area contributed by atoms with Crippen molar-refractivity contribution in [1.29, 1.82) is 0 Å². The Morgan fingerprint density at radius 1 is 1.36 bits per heavy atom. The quantitative estimate of drug-likeness (QED) is 0.645. The van der Waals surface area contributed by atoms with E-state index in [0.717, 1.165) is 5.69 Å². The minimum atomic E-state index is -0.135. The molecule has 1 aromatic rings. The maximum Gasteiger partial charge on any atom is 0.146 e. The second-order valence-electron chi connectivity index (χ2n) is 4.36. The van der Waals surface area contributed by atoms with Crippen molar-refractivity contribution in [2.75, 3.05) is 18.5 Å². The van der Waals surface area contributed by atoms with Crippen LogP contribution in [0.4, 0.5) is 11.5 Å². The summed E-state index contributed by atoms with van der Waals surface area (Å²) < 4.78 is 1.76. The molecular weight excluding hydrogens is 178 g/mol. The van der Waals surface area contributed by atoms with Crippen LogP contribution in [0.3, 0.4) is 0 Å². The summed E-state index contributed by atoms with van der Waals surface area (Å²) >= 11 is 0. The van der Waals surface area contributed by atoms with E-state index < -0.39 is 0 Å². The summed E-state index contributed by atoms with van der Waals surface area (Å²) in [5, 5.41) is 7.38. The minimum absolute atomic E-state index is 0.135. The van der Waals surface area contributed by atoms with Gasteiger partial charge in [-0.15, -0.1) is 0 Å². The summed E-state index contributed by atoms with van der Waals surface area (Å²) in [4.78, 5) is 0. The zero-order chi connectivity index (χ0) is 10.9. The van der Waals surface area contributed by atoms with Crippen LogP contribution in [0.25, 0.3) is 0 Å². The fourth-order valence-corrected chi connectivity index (χ4v) is 1.30. The maximum atomic E-state index is 5.87. The van der Waals surface area contributed by atoms with Crippen molar-refractivity contribution in [3.05, 3.63) is 5.69 Å². The van der Waals surface area contributed by atoms with Gasteiger partial charge in [0.05, 0.1) is 11.2 Å². The van der Waals surface area contributed by atoms with Crippen LogP contribution in [0.15, 0.2) is 0 Å². The van der Waals surface area contributed by atoms with Crippen molar-refractivity contribution < 1.29 is 0 Å². The van der Waals surface area contributed by atoms with Gasteiger partial charge in [0.25, 0.3) is 0 Å². The Bertz CT molecular complexity index is 321. The van der Waals surface area contributed by atoms with E-state index in [9.17, 15) is 0 Å². The maximum absolute atomic E-state index is 5.87. The molecule has 5 heteroatoms. The molecule has 0 aliphatic heterocycles. The average molecular weight is 197 g/mol. The van der Waals surface area contributed by atoms with E-state index in [1.807, 2.05) is 27.8 Å². The van der Waals surface area contributed by atoms with Gasteiger partial charge >= 0.3 is 0 Å². The van der Waals surface area contributed by atoms with Gasteiger partial charge in [-0.3, -0.25) is 0 Å². The molecule has 14 heavy (non-hydrogen) atoms. The zero-order valence-electron chi connectivity index (χ0n) is 9.26. The van der Waals surface area contributed by atoms with Crippen LogP contribution in [0.2, 0.25) is 0 Å². The Morgan fingerprint density at radius 2 is 1.93 bits per heavy atom. The summed E-state index contributed by atoms with van der Waals surface area (Å²) in [5.74, 6) is 0.544. The van der Waals surface area contributed by atoms with Gasteiger partial charge < -0.3 is 16.8 Å². The third-order valence-corrected chi connectivity index (χ3v) is 2.02. The number of anilines is 2. The molecule has 0 spiro atoms. The molecule has 0 saturated heterocycles. The number of nitrogen functional groups attached to an aromatic ring is 2. The van der Waals surface area contributed by atoms with E-state index in [4.69, 9.17) is 11.5 Å². The Morgan fingerprint density at radius 3 is 2.29 bits per heavy atom. The van der Waals surface area contributed by atoms with Gasteiger partial charge in [0, 0.05) is 6.54 Å². The van der Waals surface area contributed by atoms with Crippen LogP contribution in [0, 0.1) is 0 Å². The number of nitrogens with one attached hydrogen (secondary N) is 1. The van der Waals surface area contributed by atoms with E-state index in [0.29, 0.717) is 18.1 Å². The van der Waals surface area contributed by atoms with Crippen molar-refractivity contribution in [1.82, 2.24) is 15.1 Å². The smallest absolute Gasteiger partial charge is 0.146 e. The Kier molecular flexibility index (Phi) is 2.71. The molecule has 0 radical (unpaired) electrons. The molecule has 80 valence electrons. The van der Waals surface area contributed by atoms with E-state index in [1.165, 1.54) is 0 Å². The molecule has 1 aromatic heterocycles. The monoisotopic (exact) mass is 197 g/mol. The fraction of sp³-hybridized carbons (Fsp3) is 0.667. The molecule has 0 unspecified atom stereocenters. The molecule has 5 N–H and O–H groups in total. The van der Waals surface area contributed by atoms with Gasteiger partial charge in [0.2, 0.25) is 0 Å². The van der Waals surface area contributed by atoms with Gasteiger partial charge in [-0.2, -0.15) is 5.10 Å². The summed E-state index contributed by atoms with van der Waals surface area (Å²) in [7, 11) is 1.85. The molecule has 0 saturated carbocycles. The average Bonchev–Trinajstić information content (AvgIpc) is 2.32. The predicted octanol–water partition coefficient (Wildman–Crippen LogP) is 0.522. The molecule has 0 amide bonds. The first-order valence-corrected chi connectivity index (χ1v) is 4.66. The molecule has 0 bridgehead atoms. The highest BCUT2D eigenvalue weighted by Gasteiger charge is 2.21. The molecule has 5 nitrogen and oxygen atoms in total. The highest BCUT2D eigenvalue weighted by Crippen LogP contribution is 2.25. The van der Waals surface area contributed by atoms with E-state index in [-0.39, 0.29) is 5.54 Å². The minimum Gasteiger partial charge on any atom is -0.394 e. The molecule has 0 aliphatic carbocycles. The Balaban J connectivity index is 3.15. The molecule has 1 heterocycles. The van der Waals surface area contributed by atoms with Crippen LogP contribution < -0.4 is 16.8 Å². The predicted molar refractivity (Wildman–Crippen MR) is 58.8 cm³/mol. The second-order valence-corrected chi connectivity index (χ2v) is 4.36. The lowest BCUT2D eigenvalue weighted by Gasteiger charge is -2.20. The van der Waals surface area contributed by atoms with E-state index >= 15 is 0 Å². The molecule has 1 rings (SSSR count). The standard InChI is InChI=1S/C9H19N5/c1-9(2,3)14-8(11)7(10)6(13-14)5-12-4/h12H,5,10-11H2,1-4H3. The van der Waals surface area contributed by atoms with E-state index in [1.54, 1.807) is 4.68 Å². The van der Waals surface area contributed by atoms with Crippen molar-refractivity contribution >= 4 is 11.5 Å². The van der Waals surface area contributed by atoms with Crippen molar-refractivity contribution in [2.45, 2.75) is 32.9 Å². The normalized spacial score (nSPS) is 12.0. The molecule has 0 fully saturated rings. The third-order valence-electron chi connectivity index (χ3n) is 2.02. The van der Waals surface area contributed by atoms with Gasteiger partial charge in [0.1, 0.15) is 11.5 Å². The SMILES string of the molecule is CNCc1nn(C(C)(C)C)c(N)c1N. The molecule has 0 aromatic carbocycles. The topological polar surface area (TPSA) is 81.9 Å². The molecule has 0 atom stereocenters. The zero-order valence-corrected chi connectivity index (χ0v) is 9.26. The van der Waals surface area contributed by atoms with Crippen molar-refractivity contribution in [3.63, 3.8) is 0 Å². The molecule has 0 aliphatic rings. The van der Waals surface area contributed by atoms with Gasteiger partial charge in [-0.25, -0.2) is 4.68 Å². The number of hydrogen-bond donors (Lipinski definition) is 3. The van der Waals surface area contributed by atoms with Crippen LogP contribution in [-0.4, -0.2) is 16.8 Å². The van der Waals surface area contributed by atoms with Crippen LogP contribution in [0.5, 0.6) is 0 Å². The highest BCUT2D eigenvalue weighted by atomic mass is 15.4. The molecular formula is C9H19N5. The third kappa shape index (κ3) is 1.82. The Labute approximate surface area is 84.5 Å². The number of rotatable bonds is 2. The van der Waals surface area contributed by atoms with Crippen molar-refractivity contribution in [3.8, 4) is 0 Å². The van der Waals surface area contributed by atoms with Crippen LogP contribution in [-0.2, 0) is 12.1 Å². The first-order chi connectivity index (χ1) is 6.38. The van der Waals surface area contributed by atoms with Gasteiger partial charge in [-0.05, 0) is 27.8 Å². The lowest BCUT2D eigenvalue weighted by Crippen LogP contribution is -2.25. The number of aromatic nitrogens is 2. The second kappa shape index (κ2) is 3.49. The lowest BCUT2D eigenvalue weighted by atomic mass is 10.1. The fourth-order valence-electron chi connectivity index (χ4n) is 1.30. The lowest BCUT2D eigenvalue weighted by molar-refractivity contribution is 0.358. The highest BCUT2D eigenvalue weighted by molar-refractivity contribution is 5.62. The van der Waals surface area contributed by atoms with Crippen molar-refractivity contribution in [2.24, 2.45) is 0 Å². The first kappa shape index (κ1) is 10.8. The number of nitrogens with zero attached hydrogens (tertiary/aromatic N) is 2. The van der Waals surface area contributed by atoms with Gasteiger partial charge in [0.15, 0.2) is 0 Å². The Hall–Kier alpha value is -1.23. The summed E-state index contributed by atoms with van der Waals surface area (Å²) in [6, 6.07) is 0. The number of nitrogens with two attached hydrogens (primary N) is 2. The largest absolute Gasteiger partial charge is 0.394 e. The van der Waals surface area contributed by atoms with E-state index in [2.05, 4.69) is 10.4 Å². The van der Waals surface area contributed by atoms with Crippen LogP contribution in [0.1, 0.15) is 26.5 Å². The summed E-state index contributed by atoms with van der Waals surface area (Å²) in [6.07, 6.45) is 0. The first-order valence-electron chi connectivity index (χ1n) is 4.66. The number of hydrogen-bond acceptors (Lipinski definition) is 4.